The number of nitrogens with zero attached hydrogens (tertiary/aromatic N) is 2. The van der Waals surface area contributed by atoms with Gasteiger partial charge >= 0.3 is 18.1 Å². The minimum Gasteiger partial charge on any atom is -0.490 e. The quantitative estimate of drug-likeness (QED) is 0.192. The molecule has 14 heteroatoms. The maximum Gasteiger partial charge on any atom is 0.490 e. The van der Waals surface area contributed by atoms with Crippen molar-refractivity contribution in [3.63, 3.8) is 0 Å². The third-order valence-electron chi connectivity index (χ3n) is 6.77. The summed E-state index contributed by atoms with van der Waals surface area (Å²) in [5.41, 5.74) is 2.87. The summed E-state index contributed by atoms with van der Waals surface area (Å²) in [5, 5.41) is 24.7. The van der Waals surface area contributed by atoms with Crippen molar-refractivity contribution in [2.75, 3.05) is 38.3 Å². The van der Waals surface area contributed by atoms with Crippen molar-refractivity contribution in [3.8, 4) is 11.5 Å². The molecule has 0 atom stereocenters. The van der Waals surface area contributed by atoms with Crippen molar-refractivity contribution in [3.05, 3.63) is 52.3 Å². The predicted octanol–water partition coefficient (Wildman–Crippen LogP) is 5.88. The van der Waals surface area contributed by atoms with Crippen molar-refractivity contribution in [1.82, 2.24) is 4.90 Å². The molecule has 0 saturated carbocycles. The van der Waals surface area contributed by atoms with Gasteiger partial charge in [0.15, 0.2) is 23.1 Å². The zero-order chi connectivity index (χ0) is 34.3. The Morgan fingerprint density at radius 1 is 1.04 bits per heavy atom. The number of hydrogen-bond donors (Lipinski definition) is 3. The zero-order valence-electron chi connectivity index (χ0n) is 26.1. The van der Waals surface area contributed by atoms with E-state index in [1.165, 1.54) is 0 Å². The van der Waals surface area contributed by atoms with Crippen LogP contribution in [0.15, 0.2) is 24.3 Å². The molecule has 10 nitrogen and oxygen atoms in total. The van der Waals surface area contributed by atoms with Gasteiger partial charge in [0.25, 0.3) is 0 Å². The fourth-order valence-corrected chi connectivity index (χ4v) is 4.65. The third kappa shape index (κ3) is 9.56. The van der Waals surface area contributed by atoms with Crippen LogP contribution < -0.4 is 14.4 Å². The van der Waals surface area contributed by atoms with E-state index in [1.807, 2.05) is 24.1 Å². The molecule has 0 bridgehead atoms. The lowest BCUT2D eigenvalue weighted by atomic mass is 9.84. The summed E-state index contributed by atoms with van der Waals surface area (Å²) in [6.45, 7) is 11.1. The number of amidine groups is 1. The second kappa shape index (κ2) is 15.1. The molecule has 1 aliphatic heterocycles. The summed E-state index contributed by atoms with van der Waals surface area (Å²) in [5.74, 6) is -4.17. The molecule has 45 heavy (non-hydrogen) atoms. The molecule has 3 rings (SSSR count). The largest absolute Gasteiger partial charge is 0.490 e. The molecule has 2 aromatic rings. The van der Waals surface area contributed by atoms with Crippen LogP contribution in [0.25, 0.3) is 0 Å². The molecule has 0 radical (unpaired) electrons. The lowest BCUT2D eigenvalue weighted by molar-refractivity contribution is -0.192. The van der Waals surface area contributed by atoms with Gasteiger partial charge in [-0.05, 0) is 61.1 Å². The highest BCUT2D eigenvalue weighted by Gasteiger charge is 2.38. The first-order chi connectivity index (χ1) is 20.8. The number of anilines is 1. The van der Waals surface area contributed by atoms with Crippen LogP contribution in [0.3, 0.4) is 0 Å². The van der Waals surface area contributed by atoms with Gasteiger partial charge in [-0.15, -0.1) is 0 Å². The summed E-state index contributed by atoms with van der Waals surface area (Å²) in [6.07, 6.45) is -4.48. The molecule has 1 aliphatic rings. The van der Waals surface area contributed by atoms with Gasteiger partial charge in [-0.2, -0.15) is 13.2 Å². The van der Waals surface area contributed by atoms with Crippen molar-refractivity contribution >= 4 is 29.2 Å². The van der Waals surface area contributed by atoms with Crippen molar-refractivity contribution in [1.29, 1.82) is 5.41 Å². The van der Waals surface area contributed by atoms with Gasteiger partial charge < -0.3 is 29.5 Å². The monoisotopic (exact) mass is 641 g/mol. The van der Waals surface area contributed by atoms with Crippen molar-refractivity contribution in [2.24, 2.45) is 0 Å². The van der Waals surface area contributed by atoms with Crippen LogP contribution in [-0.2, 0) is 21.5 Å². The number of nitrogens with one attached hydrogen (secondary N) is 1. The molecule has 0 amide bonds. The smallest absolute Gasteiger partial charge is 0.490 e. The number of hydrogen-bond acceptors (Lipinski definition) is 7. The highest BCUT2D eigenvalue weighted by molar-refractivity contribution is 6.06. The van der Waals surface area contributed by atoms with Crippen molar-refractivity contribution in [2.45, 2.75) is 65.6 Å². The fraction of sp³-hybridized carbons (Fsp3) is 0.484. The predicted molar refractivity (Wildman–Crippen MR) is 159 cm³/mol. The molecule has 3 N–H and O–H groups in total. The summed E-state index contributed by atoms with van der Waals surface area (Å²) in [6, 6.07) is 7.22. The number of carbonyl (C=O) groups excluding carboxylic acids is 1. The van der Waals surface area contributed by atoms with Crippen molar-refractivity contribution < 1.29 is 51.6 Å². The Hall–Kier alpha value is -4.36. The molecule has 0 aromatic heterocycles. The minimum absolute atomic E-state index is 0.0103. The maximum atomic E-state index is 15.4. The van der Waals surface area contributed by atoms with Gasteiger partial charge in [0, 0.05) is 37.8 Å². The Bertz CT molecular complexity index is 1420. The van der Waals surface area contributed by atoms with Crippen LogP contribution in [0.2, 0.25) is 0 Å². The number of Topliss-reactive ketones (excluding diaryl/α,β-unsaturated/α-hetero) is 1. The van der Waals surface area contributed by atoms with E-state index < -0.39 is 23.9 Å². The van der Waals surface area contributed by atoms with Gasteiger partial charge in [0.2, 0.25) is 0 Å². The first kappa shape index (κ1) is 36.8. The van der Waals surface area contributed by atoms with Gasteiger partial charge in [0.05, 0.1) is 25.3 Å². The number of rotatable bonds is 12. The molecule has 0 spiro atoms. The second-order valence-electron chi connectivity index (χ2n) is 11.2. The molecule has 0 fully saturated rings. The average molecular weight is 642 g/mol. The minimum atomic E-state index is -5.08. The summed E-state index contributed by atoms with van der Waals surface area (Å²) in [4.78, 5) is 36.7. The maximum absolute atomic E-state index is 15.4. The van der Waals surface area contributed by atoms with Crippen LogP contribution in [0.5, 0.6) is 11.5 Å². The number of alkyl halides is 3. The molecular weight excluding hydrogens is 602 g/mol. The topological polar surface area (TPSA) is 140 Å². The highest BCUT2D eigenvalue weighted by Crippen LogP contribution is 2.39. The molecule has 2 aromatic carbocycles. The van der Waals surface area contributed by atoms with E-state index in [0.717, 1.165) is 11.3 Å². The van der Waals surface area contributed by atoms with Crippen LogP contribution in [0.4, 0.5) is 23.2 Å². The molecule has 0 aliphatic carbocycles. The standard InChI is InChI=1S/C29H38FN3O5.C2HF3O2/c1-7-37-23-15-19-16-33(28(31)25(19)26(30)27(23)38-8-2)17-22(34)18-11-12-21(20(14-18)29(3,4)5)32(6)13-9-10-24(35)36;3-2(4,5)1(6)7/h11-12,14-15,31H,7-10,13,16-17H2,1-6H3,(H,35,36);(H,6,7). The van der Waals surface area contributed by atoms with E-state index in [-0.39, 0.29) is 54.5 Å². The van der Waals surface area contributed by atoms with Gasteiger partial charge in [-0.1, -0.05) is 20.8 Å². The number of benzene rings is 2. The molecule has 0 saturated heterocycles. The fourth-order valence-electron chi connectivity index (χ4n) is 4.65. The Morgan fingerprint density at radius 2 is 1.64 bits per heavy atom. The summed E-state index contributed by atoms with van der Waals surface area (Å²) in [7, 11) is 1.91. The average Bonchev–Trinajstić information content (AvgIpc) is 3.24. The number of halogens is 4. The Kier molecular flexibility index (Phi) is 12.3. The van der Waals surface area contributed by atoms with Gasteiger partial charge in [-0.3, -0.25) is 15.0 Å². The Balaban J connectivity index is 0.000000900. The van der Waals surface area contributed by atoms with Gasteiger partial charge in [-0.25, -0.2) is 9.18 Å². The normalized spacial score (nSPS) is 12.7. The first-order valence-electron chi connectivity index (χ1n) is 14.2. The molecule has 248 valence electrons. The van der Waals surface area contributed by atoms with E-state index >= 15 is 4.39 Å². The zero-order valence-corrected chi connectivity index (χ0v) is 26.1. The number of aliphatic carboxylic acids is 2. The number of ether oxygens (including phenoxy) is 2. The molecular formula is C31H39F4N3O7. The number of carboxylic acids is 2. The number of fused-ring (bicyclic) bond motifs is 1. The number of ketones is 1. The lowest BCUT2D eigenvalue weighted by Crippen LogP contribution is -2.31. The first-order valence-corrected chi connectivity index (χ1v) is 14.2. The molecule has 1 heterocycles. The summed E-state index contributed by atoms with van der Waals surface area (Å²) >= 11 is 0. The summed E-state index contributed by atoms with van der Waals surface area (Å²) < 4.78 is 58.2. The second-order valence-corrected chi connectivity index (χ2v) is 11.2. The van der Waals surface area contributed by atoms with Crippen LogP contribution in [-0.4, -0.2) is 78.2 Å². The van der Waals surface area contributed by atoms with E-state index in [9.17, 15) is 22.8 Å². The third-order valence-corrected chi connectivity index (χ3v) is 6.77. The van der Waals surface area contributed by atoms with Gasteiger partial charge in [0.1, 0.15) is 5.84 Å². The van der Waals surface area contributed by atoms with E-state index in [0.29, 0.717) is 36.4 Å². The van der Waals surface area contributed by atoms with E-state index in [2.05, 4.69) is 20.8 Å². The Morgan fingerprint density at radius 3 is 2.16 bits per heavy atom. The van der Waals surface area contributed by atoms with Crippen LogP contribution in [0.1, 0.15) is 74.5 Å². The highest BCUT2D eigenvalue weighted by atomic mass is 19.4. The molecule has 0 unspecified atom stereocenters. The van der Waals surface area contributed by atoms with E-state index in [1.54, 1.807) is 30.9 Å². The van der Waals surface area contributed by atoms with Crippen LogP contribution in [0, 0.1) is 11.2 Å². The SMILES string of the molecule is CCOc1cc2c(c(F)c1OCC)C(=N)N(CC(=O)c1ccc(N(C)CCCC(=O)O)c(C(C)(C)C)c1)C2.O=C(O)C(F)(F)F. The van der Waals surface area contributed by atoms with Crippen LogP contribution >= 0.6 is 0 Å². The van der Waals surface area contributed by atoms with E-state index in [4.69, 9.17) is 29.9 Å². The number of carboxylic acid groups (broad SMARTS) is 2. The Labute approximate surface area is 259 Å². The number of carbonyl (C=O) groups is 3. The lowest BCUT2D eigenvalue weighted by Gasteiger charge is -2.29.